The summed E-state index contributed by atoms with van der Waals surface area (Å²) in [6.45, 7) is 5.75. The molecular formula is C11H14O. The molecule has 0 unspecified atom stereocenters. The number of allylic oxidation sites excluding steroid dienone is 1. The Kier molecular flexibility index (Phi) is 5.68. The van der Waals surface area contributed by atoms with Gasteiger partial charge in [0.1, 0.15) is 5.94 Å². The zero-order valence-corrected chi connectivity index (χ0v) is 7.79. The number of carbonyl (C=O) groups excluding carboxylic acids is 1. The van der Waals surface area contributed by atoms with Crippen molar-refractivity contribution >= 4 is 11.5 Å². The molecule has 0 heterocycles. The maximum absolute atomic E-state index is 10.1. The second kappa shape index (κ2) is 6.38. The van der Waals surface area contributed by atoms with Crippen molar-refractivity contribution < 1.29 is 4.79 Å². The van der Waals surface area contributed by atoms with Gasteiger partial charge in [0.15, 0.2) is 0 Å². The van der Waals surface area contributed by atoms with Crippen LogP contribution in [0, 0.1) is 0 Å². The Morgan fingerprint density at radius 3 is 2.08 bits per heavy atom. The van der Waals surface area contributed by atoms with Crippen molar-refractivity contribution in [3.8, 4) is 0 Å². The molecule has 0 radical (unpaired) electrons. The molecule has 0 aromatic heterocycles. The Balaban J connectivity index is 0.000000561. The first-order chi connectivity index (χ1) is 5.84. The van der Waals surface area contributed by atoms with Gasteiger partial charge in [-0.25, -0.2) is 4.79 Å². The van der Waals surface area contributed by atoms with E-state index in [1.807, 2.05) is 50.1 Å². The fourth-order valence-electron chi connectivity index (χ4n) is 0.747. The zero-order valence-electron chi connectivity index (χ0n) is 7.79. The second-order valence-electron chi connectivity index (χ2n) is 2.09. The summed E-state index contributed by atoms with van der Waals surface area (Å²) in [6, 6.07) is 9.49. The third kappa shape index (κ3) is 3.18. The molecule has 0 N–H and O–H groups in total. The van der Waals surface area contributed by atoms with E-state index < -0.39 is 0 Å². The summed E-state index contributed by atoms with van der Waals surface area (Å²) in [4.78, 5) is 10.1. The maximum atomic E-state index is 10.1. The van der Waals surface area contributed by atoms with Crippen LogP contribution in [0.15, 0.2) is 30.3 Å². The van der Waals surface area contributed by atoms with Crippen LogP contribution in [0.5, 0.6) is 0 Å². The van der Waals surface area contributed by atoms with Gasteiger partial charge in [-0.05, 0) is 12.5 Å². The monoisotopic (exact) mass is 162 g/mol. The molecule has 0 spiro atoms. The molecule has 1 rings (SSSR count). The molecule has 0 bridgehead atoms. The van der Waals surface area contributed by atoms with Crippen molar-refractivity contribution in [2.24, 2.45) is 0 Å². The first kappa shape index (κ1) is 10.7. The molecule has 1 aromatic rings. The van der Waals surface area contributed by atoms with Crippen LogP contribution >= 0.6 is 0 Å². The van der Waals surface area contributed by atoms with Crippen molar-refractivity contribution in [3.05, 3.63) is 35.9 Å². The van der Waals surface area contributed by atoms with Crippen LogP contribution in [-0.4, -0.2) is 5.94 Å². The predicted molar refractivity (Wildman–Crippen MR) is 52.6 cm³/mol. The van der Waals surface area contributed by atoms with Gasteiger partial charge in [-0.2, -0.15) is 0 Å². The Morgan fingerprint density at radius 1 is 1.17 bits per heavy atom. The van der Waals surface area contributed by atoms with E-state index >= 15 is 0 Å². The summed E-state index contributed by atoms with van der Waals surface area (Å²) in [5.74, 6) is 1.85. The molecule has 0 fully saturated rings. The van der Waals surface area contributed by atoms with Crippen molar-refractivity contribution in [3.63, 3.8) is 0 Å². The Bertz CT molecular complexity index is 256. The van der Waals surface area contributed by atoms with Crippen LogP contribution in [0.1, 0.15) is 26.3 Å². The fourth-order valence-corrected chi connectivity index (χ4v) is 0.747. The van der Waals surface area contributed by atoms with E-state index in [4.69, 9.17) is 0 Å². The van der Waals surface area contributed by atoms with Crippen LogP contribution in [-0.2, 0) is 4.79 Å². The quantitative estimate of drug-likeness (QED) is 0.580. The van der Waals surface area contributed by atoms with Gasteiger partial charge in [0.2, 0.25) is 0 Å². The molecule has 0 atom stereocenters. The summed E-state index contributed by atoms with van der Waals surface area (Å²) in [5.41, 5.74) is 1.60. The van der Waals surface area contributed by atoms with E-state index in [9.17, 15) is 4.79 Å². The van der Waals surface area contributed by atoms with Crippen LogP contribution < -0.4 is 0 Å². The van der Waals surface area contributed by atoms with E-state index in [0.717, 1.165) is 5.56 Å². The SMILES string of the molecule is CC.CC(=C=O)c1ccccc1. The minimum absolute atomic E-state index is 0.653. The van der Waals surface area contributed by atoms with Gasteiger partial charge in [-0.3, -0.25) is 0 Å². The van der Waals surface area contributed by atoms with E-state index in [1.54, 1.807) is 6.92 Å². The highest BCUT2D eigenvalue weighted by molar-refractivity contribution is 5.85. The van der Waals surface area contributed by atoms with Gasteiger partial charge >= 0.3 is 0 Å². The molecule has 1 nitrogen and oxygen atoms in total. The first-order valence-electron chi connectivity index (χ1n) is 4.11. The highest BCUT2D eigenvalue weighted by atomic mass is 16.1. The summed E-state index contributed by atoms with van der Waals surface area (Å²) in [5, 5.41) is 0. The van der Waals surface area contributed by atoms with Gasteiger partial charge in [-0.1, -0.05) is 44.2 Å². The van der Waals surface area contributed by atoms with E-state index in [1.165, 1.54) is 0 Å². The summed E-state index contributed by atoms with van der Waals surface area (Å²) >= 11 is 0. The lowest BCUT2D eigenvalue weighted by Crippen LogP contribution is -1.76. The van der Waals surface area contributed by atoms with Crippen LogP contribution in [0.2, 0.25) is 0 Å². The summed E-state index contributed by atoms with van der Waals surface area (Å²) in [6.07, 6.45) is 0. The molecule has 0 saturated carbocycles. The van der Waals surface area contributed by atoms with Crippen molar-refractivity contribution in [1.29, 1.82) is 0 Å². The molecule has 1 aromatic carbocycles. The minimum atomic E-state index is 0.653. The highest BCUT2D eigenvalue weighted by Crippen LogP contribution is 2.07. The molecule has 0 saturated heterocycles. The number of hydrogen-bond acceptors (Lipinski definition) is 1. The average molecular weight is 162 g/mol. The van der Waals surface area contributed by atoms with Gasteiger partial charge in [0, 0.05) is 5.57 Å². The fraction of sp³-hybridized carbons (Fsp3) is 0.273. The average Bonchev–Trinajstić information content (AvgIpc) is 2.21. The Morgan fingerprint density at radius 2 is 1.67 bits per heavy atom. The topological polar surface area (TPSA) is 17.1 Å². The third-order valence-corrected chi connectivity index (χ3v) is 1.36. The van der Waals surface area contributed by atoms with Crippen LogP contribution in [0.4, 0.5) is 0 Å². The summed E-state index contributed by atoms with van der Waals surface area (Å²) in [7, 11) is 0. The lowest BCUT2D eigenvalue weighted by atomic mass is 10.1. The standard InChI is InChI=1S/C9H8O.C2H6/c1-8(7-10)9-5-3-2-4-6-9;1-2/h2-6H,1H3;1-2H3. The molecular weight excluding hydrogens is 148 g/mol. The molecule has 64 valence electrons. The smallest absolute Gasteiger partial charge is 0.128 e. The van der Waals surface area contributed by atoms with E-state index in [0.29, 0.717) is 5.57 Å². The normalized spacial score (nSPS) is 7.58. The lowest BCUT2D eigenvalue weighted by Gasteiger charge is -1.92. The van der Waals surface area contributed by atoms with Crippen molar-refractivity contribution in [2.45, 2.75) is 20.8 Å². The van der Waals surface area contributed by atoms with Gasteiger partial charge < -0.3 is 0 Å². The number of hydrogen-bond donors (Lipinski definition) is 0. The molecule has 0 amide bonds. The summed E-state index contributed by atoms with van der Waals surface area (Å²) < 4.78 is 0. The van der Waals surface area contributed by atoms with Crippen molar-refractivity contribution in [2.75, 3.05) is 0 Å². The molecule has 0 aliphatic rings. The molecule has 0 aliphatic carbocycles. The second-order valence-corrected chi connectivity index (χ2v) is 2.09. The van der Waals surface area contributed by atoms with E-state index in [2.05, 4.69) is 0 Å². The highest BCUT2D eigenvalue weighted by Gasteiger charge is 1.91. The largest absolute Gasteiger partial charge is 0.233 e. The Hall–Kier alpha value is -1.33. The van der Waals surface area contributed by atoms with Gasteiger partial charge in [0.05, 0.1) is 0 Å². The first-order valence-corrected chi connectivity index (χ1v) is 4.11. The maximum Gasteiger partial charge on any atom is 0.128 e. The number of benzene rings is 1. The van der Waals surface area contributed by atoms with Crippen molar-refractivity contribution in [1.82, 2.24) is 0 Å². The van der Waals surface area contributed by atoms with Crippen LogP contribution in [0.25, 0.3) is 5.57 Å². The molecule has 1 heteroatoms. The number of rotatable bonds is 1. The van der Waals surface area contributed by atoms with Gasteiger partial charge in [-0.15, -0.1) is 0 Å². The molecule has 0 aliphatic heterocycles. The van der Waals surface area contributed by atoms with Gasteiger partial charge in [0.25, 0.3) is 0 Å². The lowest BCUT2D eigenvalue weighted by molar-refractivity contribution is 0.569. The zero-order chi connectivity index (χ0) is 9.40. The van der Waals surface area contributed by atoms with E-state index in [-0.39, 0.29) is 0 Å². The molecule has 12 heavy (non-hydrogen) atoms. The predicted octanol–water partition coefficient (Wildman–Crippen LogP) is 2.95. The Labute approximate surface area is 73.7 Å². The third-order valence-electron chi connectivity index (χ3n) is 1.36. The minimum Gasteiger partial charge on any atom is -0.233 e. The van der Waals surface area contributed by atoms with Crippen LogP contribution in [0.3, 0.4) is 0 Å².